The highest BCUT2D eigenvalue weighted by Gasteiger charge is 2.30. The van der Waals surface area contributed by atoms with Gasteiger partial charge in [0.1, 0.15) is 0 Å². The number of carbonyl (C=O) groups excluding carboxylic acids is 2. The average Bonchev–Trinajstić information content (AvgIpc) is 3.44. The van der Waals surface area contributed by atoms with Crippen molar-refractivity contribution in [1.82, 2.24) is 19.7 Å². The van der Waals surface area contributed by atoms with E-state index < -0.39 is 0 Å². The molecule has 1 fully saturated rings. The Bertz CT molecular complexity index is 1350. The molecule has 3 heterocycles. The zero-order chi connectivity index (χ0) is 22.9. The van der Waals surface area contributed by atoms with Crippen molar-refractivity contribution in [3.63, 3.8) is 0 Å². The maximum Gasteiger partial charge on any atom is 0.245 e. The Morgan fingerprint density at radius 1 is 1.15 bits per heavy atom. The molecule has 2 aromatic heterocycles. The van der Waals surface area contributed by atoms with Crippen LogP contribution in [0.3, 0.4) is 0 Å². The van der Waals surface area contributed by atoms with Crippen LogP contribution in [0.25, 0.3) is 33.3 Å². The van der Waals surface area contributed by atoms with Gasteiger partial charge in [0.25, 0.3) is 0 Å². The molecule has 2 aromatic carbocycles. The number of benzene rings is 2. The third-order valence-corrected chi connectivity index (χ3v) is 6.49. The third kappa shape index (κ3) is 4.10. The minimum absolute atomic E-state index is 0.0774. The van der Waals surface area contributed by atoms with E-state index in [2.05, 4.69) is 35.0 Å². The molecule has 4 aromatic rings. The van der Waals surface area contributed by atoms with Crippen LogP contribution in [0.1, 0.15) is 6.42 Å². The lowest BCUT2D eigenvalue weighted by Crippen LogP contribution is -2.50. The first-order chi connectivity index (χ1) is 16.0. The van der Waals surface area contributed by atoms with Gasteiger partial charge in [-0.25, -0.2) is 0 Å². The van der Waals surface area contributed by atoms with E-state index in [0.29, 0.717) is 24.5 Å². The molecule has 0 unspecified atom stereocenters. The summed E-state index contributed by atoms with van der Waals surface area (Å²) in [7, 11) is 0. The summed E-state index contributed by atoms with van der Waals surface area (Å²) in [5.74, 6) is 0.266. The third-order valence-electron chi connectivity index (χ3n) is 6.16. The average molecular weight is 459 g/mol. The number of rotatable bonds is 7. The molecule has 0 spiro atoms. The van der Waals surface area contributed by atoms with Crippen LogP contribution in [-0.2, 0) is 16.1 Å². The molecule has 33 heavy (non-hydrogen) atoms. The number of likely N-dealkylation sites (tertiary alicyclic amines) is 1. The highest BCUT2D eigenvalue weighted by molar-refractivity contribution is 6.33. The lowest BCUT2D eigenvalue weighted by molar-refractivity contribution is -0.134. The quantitative estimate of drug-likeness (QED) is 0.398. The summed E-state index contributed by atoms with van der Waals surface area (Å²) >= 11 is 6.44. The van der Waals surface area contributed by atoms with Gasteiger partial charge in [0.15, 0.2) is 5.78 Å². The molecular formula is C26H23ClN4O2. The van der Waals surface area contributed by atoms with E-state index in [9.17, 15) is 9.59 Å². The number of nitrogens with one attached hydrogen (secondary N) is 1. The second kappa shape index (κ2) is 8.71. The number of nitrogens with zero attached hydrogens (tertiary/aromatic N) is 3. The number of hydrogen-bond acceptors (Lipinski definition) is 3. The summed E-state index contributed by atoms with van der Waals surface area (Å²) in [4.78, 5) is 26.3. The van der Waals surface area contributed by atoms with Crippen molar-refractivity contribution in [1.29, 1.82) is 0 Å². The van der Waals surface area contributed by atoms with Gasteiger partial charge >= 0.3 is 0 Å². The number of H-pyrrole nitrogens is 1. The zero-order valence-corrected chi connectivity index (χ0v) is 18.8. The van der Waals surface area contributed by atoms with Crippen LogP contribution < -0.4 is 0 Å². The van der Waals surface area contributed by atoms with Crippen LogP contribution in [0.2, 0.25) is 5.02 Å². The smallest absolute Gasteiger partial charge is 0.245 e. The Morgan fingerprint density at radius 3 is 2.70 bits per heavy atom. The minimum Gasteiger partial charge on any atom is -0.339 e. The van der Waals surface area contributed by atoms with E-state index >= 15 is 0 Å². The maximum atomic E-state index is 12.9. The SMILES string of the molecule is C=CC(=O)N1CC(CC(=O)Cn2cc(-c3ccn[nH]3)c3ccc(-c4ccccc4Cl)cc32)C1. The zero-order valence-electron chi connectivity index (χ0n) is 18.0. The Kier molecular flexibility index (Phi) is 5.60. The fourth-order valence-electron chi connectivity index (χ4n) is 4.49. The molecule has 0 saturated carbocycles. The van der Waals surface area contributed by atoms with Gasteiger partial charge in [-0.1, -0.05) is 48.5 Å². The van der Waals surface area contributed by atoms with E-state index in [1.54, 1.807) is 11.1 Å². The van der Waals surface area contributed by atoms with Crippen molar-refractivity contribution < 1.29 is 9.59 Å². The lowest BCUT2D eigenvalue weighted by atomic mass is 9.94. The minimum atomic E-state index is -0.0774. The predicted molar refractivity (Wildman–Crippen MR) is 130 cm³/mol. The number of aromatic amines is 1. The van der Waals surface area contributed by atoms with Crippen LogP contribution in [0.15, 0.2) is 73.6 Å². The number of ketones is 1. The normalized spacial score (nSPS) is 13.8. The van der Waals surface area contributed by atoms with Crippen molar-refractivity contribution in [2.45, 2.75) is 13.0 Å². The van der Waals surface area contributed by atoms with Crippen LogP contribution in [0.4, 0.5) is 0 Å². The highest BCUT2D eigenvalue weighted by Crippen LogP contribution is 2.35. The second-order valence-corrected chi connectivity index (χ2v) is 8.82. The number of amides is 1. The summed E-state index contributed by atoms with van der Waals surface area (Å²) in [5, 5.41) is 8.83. The molecule has 0 radical (unpaired) electrons. The van der Waals surface area contributed by atoms with E-state index in [1.807, 2.05) is 41.1 Å². The molecular weight excluding hydrogens is 436 g/mol. The molecule has 1 aliphatic rings. The molecule has 0 bridgehead atoms. The van der Waals surface area contributed by atoms with Crippen molar-refractivity contribution in [3.8, 4) is 22.4 Å². The molecule has 0 aliphatic carbocycles. The van der Waals surface area contributed by atoms with E-state index in [4.69, 9.17) is 11.6 Å². The fraction of sp³-hybridized carbons (Fsp3) is 0.192. The van der Waals surface area contributed by atoms with Crippen LogP contribution >= 0.6 is 11.6 Å². The van der Waals surface area contributed by atoms with Gasteiger partial charge in [-0.3, -0.25) is 14.7 Å². The maximum absolute atomic E-state index is 12.9. The summed E-state index contributed by atoms with van der Waals surface area (Å²) < 4.78 is 2.00. The largest absolute Gasteiger partial charge is 0.339 e. The van der Waals surface area contributed by atoms with Crippen LogP contribution in [0, 0.1) is 5.92 Å². The van der Waals surface area contributed by atoms with Gasteiger partial charge in [-0.15, -0.1) is 0 Å². The Morgan fingerprint density at radius 2 is 1.97 bits per heavy atom. The molecule has 6 nitrogen and oxygen atoms in total. The first-order valence-corrected chi connectivity index (χ1v) is 11.2. The molecule has 1 amide bonds. The Labute approximate surface area is 196 Å². The van der Waals surface area contributed by atoms with Crippen LogP contribution in [-0.4, -0.2) is 44.4 Å². The highest BCUT2D eigenvalue weighted by atomic mass is 35.5. The molecule has 1 aliphatic heterocycles. The predicted octanol–water partition coefficient (Wildman–Crippen LogP) is 4.96. The van der Waals surface area contributed by atoms with E-state index in [0.717, 1.165) is 33.3 Å². The summed E-state index contributed by atoms with van der Waals surface area (Å²) in [6.07, 6.45) is 5.48. The fourth-order valence-corrected chi connectivity index (χ4v) is 4.74. The molecule has 1 N–H and O–H groups in total. The molecule has 5 rings (SSSR count). The number of fused-ring (bicyclic) bond motifs is 1. The lowest BCUT2D eigenvalue weighted by Gasteiger charge is -2.38. The second-order valence-electron chi connectivity index (χ2n) is 8.41. The number of halogens is 1. The van der Waals surface area contributed by atoms with E-state index in [-0.39, 0.29) is 24.2 Å². The summed E-state index contributed by atoms with van der Waals surface area (Å²) in [6.45, 7) is 5.00. The topological polar surface area (TPSA) is 71.0 Å². The summed E-state index contributed by atoms with van der Waals surface area (Å²) in [6, 6.07) is 15.9. The van der Waals surface area contributed by atoms with Gasteiger partial charge in [0, 0.05) is 64.9 Å². The molecule has 1 saturated heterocycles. The Balaban J connectivity index is 1.45. The Hall–Kier alpha value is -3.64. The van der Waals surface area contributed by atoms with Gasteiger partial charge < -0.3 is 9.47 Å². The standard InChI is InChI=1S/C26H23ClN4O2/c1-2-26(33)31-13-17(14-31)11-19(32)15-30-16-22(24-9-10-28-29-24)21-8-7-18(12-25(21)30)20-5-3-4-6-23(20)27/h2-10,12,16-17H,1,11,13-15H2,(H,28,29). The van der Waals surface area contributed by atoms with Crippen molar-refractivity contribution in [2.24, 2.45) is 5.92 Å². The van der Waals surface area contributed by atoms with Gasteiger partial charge in [0.2, 0.25) is 5.91 Å². The number of Topliss-reactive ketones (excluding diaryl/α,β-unsaturated/α-hetero) is 1. The first-order valence-electron chi connectivity index (χ1n) is 10.8. The van der Waals surface area contributed by atoms with Crippen molar-refractivity contribution >= 4 is 34.2 Å². The number of carbonyl (C=O) groups is 2. The van der Waals surface area contributed by atoms with Gasteiger partial charge in [0.05, 0.1) is 12.2 Å². The molecule has 0 atom stereocenters. The summed E-state index contributed by atoms with van der Waals surface area (Å²) in [5.41, 5.74) is 4.79. The van der Waals surface area contributed by atoms with E-state index in [1.165, 1.54) is 6.08 Å². The van der Waals surface area contributed by atoms with Gasteiger partial charge in [-0.2, -0.15) is 5.10 Å². The van der Waals surface area contributed by atoms with Gasteiger partial charge in [-0.05, 0) is 29.8 Å². The molecule has 7 heteroatoms. The van der Waals surface area contributed by atoms with Crippen LogP contribution in [0.5, 0.6) is 0 Å². The molecule has 166 valence electrons. The first kappa shape index (κ1) is 21.2. The monoisotopic (exact) mass is 458 g/mol. The van der Waals surface area contributed by atoms with Crippen molar-refractivity contribution in [3.05, 3.63) is 78.6 Å². The van der Waals surface area contributed by atoms with Crippen molar-refractivity contribution in [2.75, 3.05) is 13.1 Å². The number of aromatic nitrogens is 3. The number of hydrogen-bond donors (Lipinski definition) is 1.